The highest BCUT2D eigenvalue weighted by atomic mass is 32.1. The fourth-order valence-electron chi connectivity index (χ4n) is 1.96. The first-order valence-electron chi connectivity index (χ1n) is 6.39. The lowest BCUT2D eigenvalue weighted by atomic mass is 10.1. The molecule has 0 saturated carbocycles. The molecule has 0 radical (unpaired) electrons. The molecule has 1 amide bonds. The number of hydrogen-bond acceptors (Lipinski definition) is 4. The second kappa shape index (κ2) is 6.41. The smallest absolute Gasteiger partial charge is 0.308 e. The summed E-state index contributed by atoms with van der Waals surface area (Å²) >= 11 is 1.48. The maximum Gasteiger partial charge on any atom is 0.308 e. The van der Waals surface area contributed by atoms with Gasteiger partial charge in [0.1, 0.15) is 0 Å². The van der Waals surface area contributed by atoms with E-state index in [-0.39, 0.29) is 6.42 Å². The molecule has 0 spiro atoms. The van der Waals surface area contributed by atoms with Crippen molar-refractivity contribution in [2.45, 2.75) is 19.9 Å². The number of primary amides is 1. The van der Waals surface area contributed by atoms with Crippen LogP contribution in [0.3, 0.4) is 0 Å². The zero-order valence-electron chi connectivity index (χ0n) is 11.6. The lowest BCUT2D eigenvalue weighted by molar-refractivity contribution is -0.136. The van der Waals surface area contributed by atoms with Crippen LogP contribution < -0.4 is 11.1 Å². The van der Waals surface area contributed by atoms with E-state index in [0.717, 1.165) is 21.0 Å². The number of carboxylic acid groups (broad SMARTS) is 1. The molecule has 0 fully saturated rings. The highest BCUT2D eigenvalue weighted by molar-refractivity contribution is 7.12. The van der Waals surface area contributed by atoms with Gasteiger partial charge in [-0.15, -0.1) is 11.3 Å². The Hall–Kier alpha value is -2.34. The fourth-order valence-corrected chi connectivity index (χ4v) is 2.91. The van der Waals surface area contributed by atoms with Crippen LogP contribution in [-0.2, 0) is 17.8 Å². The molecule has 0 saturated heterocycles. The normalized spacial score (nSPS) is 10.3. The van der Waals surface area contributed by atoms with Crippen molar-refractivity contribution in [1.29, 1.82) is 0 Å². The number of aliphatic carboxylic acids is 1. The minimum Gasteiger partial charge on any atom is -0.481 e. The molecule has 0 atom stereocenters. The number of nitrogens with one attached hydrogen (secondary N) is 1. The van der Waals surface area contributed by atoms with Gasteiger partial charge in [0.25, 0.3) is 0 Å². The van der Waals surface area contributed by atoms with Gasteiger partial charge in [-0.05, 0) is 42.8 Å². The molecule has 21 heavy (non-hydrogen) atoms. The number of rotatable bonds is 6. The molecule has 2 rings (SSSR count). The summed E-state index contributed by atoms with van der Waals surface area (Å²) in [4.78, 5) is 23.6. The van der Waals surface area contributed by atoms with E-state index in [1.165, 1.54) is 11.3 Å². The zero-order valence-corrected chi connectivity index (χ0v) is 12.4. The van der Waals surface area contributed by atoms with Gasteiger partial charge in [-0.25, -0.2) is 0 Å². The molecule has 110 valence electrons. The van der Waals surface area contributed by atoms with Gasteiger partial charge in [-0.1, -0.05) is 0 Å². The van der Waals surface area contributed by atoms with Crippen LogP contribution in [0.1, 0.15) is 25.7 Å². The van der Waals surface area contributed by atoms with E-state index in [4.69, 9.17) is 10.8 Å². The largest absolute Gasteiger partial charge is 0.481 e. The molecule has 0 unspecified atom stereocenters. The van der Waals surface area contributed by atoms with Crippen LogP contribution >= 0.6 is 11.3 Å². The summed E-state index contributed by atoms with van der Waals surface area (Å²) in [6, 6.07) is 9.00. The maximum absolute atomic E-state index is 11.1. The molecule has 2 aromatic rings. The van der Waals surface area contributed by atoms with Crippen molar-refractivity contribution in [2.24, 2.45) is 5.73 Å². The number of benzene rings is 1. The molecule has 1 heterocycles. The third-order valence-electron chi connectivity index (χ3n) is 3.01. The van der Waals surface area contributed by atoms with Crippen molar-refractivity contribution in [3.05, 3.63) is 51.2 Å². The number of carbonyl (C=O) groups is 2. The summed E-state index contributed by atoms with van der Waals surface area (Å²) < 4.78 is 0. The second-order valence-corrected chi connectivity index (χ2v) is 5.94. The minimum absolute atomic E-state index is 0.0526. The molecular weight excluding hydrogens is 288 g/mol. The Morgan fingerprint density at radius 1 is 1.24 bits per heavy atom. The Morgan fingerprint density at radius 3 is 2.57 bits per heavy atom. The van der Waals surface area contributed by atoms with Crippen molar-refractivity contribution in [2.75, 3.05) is 5.32 Å². The highest BCUT2D eigenvalue weighted by Gasteiger charge is 2.06. The van der Waals surface area contributed by atoms with Crippen molar-refractivity contribution in [3.63, 3.8) is 0 Å². The summed E-state index contributed by atoms with van der Waals surface area (Å²) in [5.74, 6) is -1.27. The Labute approximate surface area is 126 Å². The second-order valence-electron chi connectivity index (χ2n) is 4.69. The lowest BCUT2D eigenvalue weighted by Gasteiger charge is -2.09. The molecule has 4 N–H and O–H groups in total. The average molecular weight is 304 g/mol. The first-order valence-corrected chi connectivity index (χ1v) is 7.21. The van der Waals surface area contributed by atoms with Crippen molar-refractivity contribution < 1.29 is 14.7 Å². The van der Waals surface area contributed by atoms with Crippen LogP contribution in [-0.4, -0.2) is 17.0 Å². The van der Waals surface area contributed by atoms with Gasteiger partial charge in [-0.3, -0.25) is 9.59 Å². The predicted molar refractivity (Wildman–Crippen MR) is 82.7 cm³/mol. The average Bonchev–Trinajstić information content (AvgIpc) is 2.83. The third kappa shape index (κ3) is 4.06. The molecule has 6 heteroatoms. The molecule has 5 nitrogen and oxygen atoms in total. The number of amides is 1. The van der Waals surface area contributed by atoms with Crippen LogP contribution in [0.4, 0.5) is 5.69 Å². The Balaban J connectivity index is 2.01. The van der Waals surface area contributed by atoms with Gasteiger partial charge in [0.15, 0.2) is 0 Å². The number of carboxylic acids is 1. The van der Waals surface area contributed by atoms with Crippen molar-refractivity contribution in [1.82, 2.24) is 0 Å². The topological polar surface area (TPSA) is 92.4 Å². The van der Waals surface area contributed by atoms with Gasteiger partial charge < -0.3 is 16.2 Å². The van der Waals surface area contributed by atoms with E-state index in [9.17, 15) is 9.59 Å². The molecule has 1 aromatic carbocycles. The fraction of sp³-hybridized carbons (Fsp3) is 0.200. The summed E-state index contributed by atoms with van der Waals surface area (Å²) in [5, 5.41) is 12.0. The van der Waals surface area contributed by atoms with E-state index in [1.54, 1.807) is 12.1 Å². The SMILES string of the molecule is Cc1cc(C(N)=O)ccc1NCc1ccc(CC(=O)O)s1. The number of hydrogen-bond donors (Lipinski definition) is 3. The van der Waals surface area contributed by atoms with E-state index in [0.29, 0.717) is 12.1 Å². The molecule has 0 aliphatic rings. The summed E-state index contributed by atoms with van der Waals surface area (Å²) in [7, 11) is 0. The van der Waals surface area contributed by atoms with Crippen molar-refractivity contribution in [3.8, 4) is 0 Å². The number of anilines is 1. The summed E-state index contributed by atoms with van der Waals surface area (Å²) in [5.41, 5.74) is 7.58. The van der Waals surface area contributed by atoms with Gasteiger partial charge in [0, 0.05) is 27.5 Å². The number of aryl methyl sites for hydroxylation is 1. The molecule has 1 aromatic heterocycles. The van der Waals surface area contributed by atoms with Crippen LogP contribution in [0.2, 0.25) is 0 Å². The Kier molecular flexibility index (Phi) is 4.59. The van der Waals surface area contributed by atoms with Crippen LogP contribution in [0.5, 0.6) is 0 Å². The Morgan fingerprint density at radius 2 is 1.95 bits per heavy atom. The van der Waals surface area contributed by atoms with E-state index in [1.807, 2.05) is 25.1 Å². The van der Waals surface area contributed by atoms with Crippen LogP contribution in [0.25, 0.3) is 0 Å². The maximum atomic E-state index is 11.1. The van der Waals surface area contributed by atoms with Gasteiger partial charge >= 0.3 is 5.97 Å². The molecule has 0 aliphatic carbocycles. The summed E-state index contributed by atoms with van der Waals surface area (Å²) in [6.45, 7) is 2.51. The molecular formula is C15H16N2O3S. The van der Waals surface area contributed by atoms with E-state index < -0.39 is 11.9 Å². The number of nitrogens with two attached hydrogens (primary N) is 1. The van der Waals surface area contributed by atoms with Gasteiger partial charge in [0.2, 0.25) is 5.91 Å². The highest BCUT2D eigenvalue weighted by Crippen LogP contribution is 2.21. The first-order chi connectivity index (χ1) is 9.95. The number of thiophene rings is 1. The minimum atomic E-state index is -0.825. The van der Waals surface area contributed by atoms with Gasteiger partial charge in [0.05, 0.1) is 6.42 Å². The van der Waals surface area contributed by atoms with E-state index >= 15 is 0 Å². The van der Waals surface area contributed by atoms with Crippen molar-refractivity contribution >= 4 is 28.9 Å². The quantitative estimate of drug-likeness (QED) is 0.764. The number of carbonyl (C=O) groups excluding carboxylic acids is 1. The van der Waals surface area contributed by atoms with Gasteiger partial charge in [-0.2, -0.15) is 0 Å². The monoisotopic (exact) mass is 304 g/mol. The lowest BCUT2D eigenvalue weighted by Crippen LogP contribution is -2.11. The van der Waals surface area contributed by atoms with E-state index in [2.05, 4.69) is 5.32 Å². The van der Waals surface area contributed by atoms with Crippen LogP contribution in [0, 0.1) is 6.92 Å². The standard InChI is InChI=1S/C15H16N2O3S/c1-9-6-10(15(16)20)2-5-13(9)17-8-12-4-3-11(21-12)7-14(18)19/h2-6,17H,7-8H2,1H3,(H2,16,20)(H,18,19). The third-order valence-corrected chi connectivity index (χ3v) is 4.09. The molecule has 0 bridgehead atoms. The zero-order chi connectivity index (χ0) is 15.4. The molecule has 0 aliphatic heterocycles. The predicted octanol–water partition coefficient (Wildman–Crippen LogP) is 2.39. The Bertz CT molecular complexity index is 679. The first kappa shape index (κ1) is 15.1. The van der Waals surface area contributed by atoms with Crippen LogP contribution in [0.15, 0.2) is 30.3 Å². The summed E-state index contributed by atoms with van der Waals surface area (Å²) in [6.07, 6.45) is 0.0526.